The Hall–Kier alpha value is -3.78. The number of amides is 1. The fourth-order valence-corrected chi connectivity index (χ4v) is 3.89. The SMILES string of the molecule is CC(=O)c1cccc(NC(=O)CSc2nnc(-c3cccnc3)n2Cc2ccccc2)c1. The predicted octanol–water partition coefficient (Wildman–Crippen LogP) is 4.32. The van der Waals surface area contributed by atoms with Crippen molar-refractivity contribution >= 4 is 29.1 Å². The maximum absolute atomic E-state index is 12.5. The van der Waals surface area contributed by atoms with E-state index in [0.29, 0.717) is 28.8 Å². The number of thioether (sulfide) groups is 1. The van der Waals surface area contributed by atoms with Gasteiger partial charge in [-0.25, -0.2) is 0 Å². The molecule has 0 saturated heterocycles. The van der Waals surface area contributed by atoms with Crippen molar-refractivity contribution in [1.82, 2.24) is 19.7 Å². The number of carbonyl (C=O) groups excluding carboxylic acids is 2. The molecule has 0 bridgehead atoms. The number of aromatic nitrogens is 4. The van der Waals surface area contributed by atoms with Gasteiger partial charge in [0.05, 0.1) is 12.3 Å². The summed E-state index contributed by atoms with van der Waals surface area (Å²) in [6.45, 7) is 2.07. The summed E-state index contributed by atoms with van der Waals surface area (Å²) in [5.74, 6) is 0.615. The minimum absolute atomic E-state index is 0.0487. The second-order valence-corrected chi connectivity index (χ2v) is 8.04. The van der Waals surface area contributed by atoms with Gasteiger partial charge in [0, 0.05) is 29.2 Å². The summed E-state index contributed by atoms with van der Waals surface area (Å²) in [6, 6.07) is 20.7. The summed E-state index contributed by atoms with van der Waals surface area (Å²) in [5, 5.41) is 12.2. The standard InChI is InChI=1S/C24H21N5O2S/c1-17(30)19-9-5-11-21(13-19)26-22(31)16-32-24-28-27-23(20-10-6-12-25-14-20)29(24)15-18-7-3-2-4-8-18/h2-14H,15-16H2,1H3,(H,26,31). The highest BCUT2D eigenvalue weighted by molar-refractivity contribution is 7.99. The van der Waals surface area contributed by atoms with Crippen LogP contribution in [0.3, 0.4) is 0 Å². The molecule has 0 spiro atoms. The molecule has 0 fully saturated rings. The third-order valence-electron chi connectivity index (χ3n) is 4.71. The Labute approximate surface area is 189 Å². The molecule has 4 aromatic rings. The molecule has 32 heavy (non-hydrogen) atoms. The molecule has 8 heteroatoms. The van der Waals surface area contributed by atoms with E-state index in [1.165, 1.54) is 18.7 Å². The number of hydrogen-bond donors (Lipinski definition) is 1. The minimum Gasteiger partial charge on any atom is -0.325 e. The van der Waals surface area contributed by atoms with E-state index in [2.05, 4.69) is 20.5 Å². The molecule has 2 aromatic heterocycles. The number of carbonyl (C=O) groups is 2. The van der Waals surface area contributed by atoms with E-state index in [4.69, 9.17) is 0 Å². The van der Waals surface area contributed by atoms with E-state index in [1.54, 1.807) is 36.7 Å². The first kappa shape index (κ1) is 21.5. The first-order valence-corrected chi connectivity index (χ1v) is 11.0. The Morgan fingerprint density at radius 3 is 2.59 bits per heavy atom. The second kappa shape index (κ2) is 10.0. The monoisotopic (exact) mass is 443 g/mol. The molecule has 0 atom stereocenters. The fraction of sp³-hybridized carbons (Fsp3) is 0.125. The Balaban J connectivity index is 1.51. The quantitative estimate of drug-likeness (QED) is 0.322. The summed E-state index contributed by atoms with van der Waals surface area (Å²) in [6.07, 6.45) is 3.46. The van der Waals surface area contributed by atoms with Gasteiger partial charge >= 0.3 is 0 Å². The van der Waals surface area contributed by atoms with E-state index < -0.39 is 0 Å². The number of hydrogen-bond acceptors (Lipinski definition) is 6. The number of pyridine rings is 1. The molecule has 1 amide bonds. The molecular weight excluding hydrogens is 422 g/mol. The molecule has 2 aromatic carbocycles. The van der Waals surface area contributed by atoms with Crippen molar-refractivity contribution < 1.29 is 9.59 Å². The van der Waals surface area contributed by atoms with E-state index in [0.717, 1.165) is 11.1 Å². The zero-order valence-electron chi connectivity index (χ0n) is 17.4. The van der Waals surface area contributed by atoms with E-state index in [9.17, 15) is 9.59 Å². The molecule has 2 heterocycles. The van der Waals surface area contributed by atoms with Crippen molar-refractivity contribution in [2.24, 2.45) is 0 Å². The molecule has 1 N–H and O–H groups in total. The molecule has 0 saturated carbocycles. The molecule has 0 radical (unpaired) electrons. The van der Waals surface area contributed by atoms with Crippen LogP contribution in [0.2, 0.25) is 0 Å². The average molecular weight is 444 g/mol. The van der Waals surface area contributed by atoms with Gasteiger partial charge in [-0.2, -0.15) is 0 Å². The Kier molecular flexibility index (Phi) is 6.72. The highest BCUT2D eigenvalue weighted by Gasteiger charge is 2.16. The first-order chi connectivity index (χ1) is 15.6. The van der Waals surface area contributed by atoms with Crippen LogP contribution in [0.15, 0.2) is 84.3 Å². The molecule has 4 rings (SSSR count). The molecule has 0 aliphatic carbocycles. The molecule has 0 aliphatic heterocycles. The largest absolute Gasteiger partial charge is 0.325 e. The highest BCUT2D eigenvalue weighted by atomic mass is 32.2. The number of benzene rings is 2. The average Bonchev–Trinajstić information content (AvgIpc) is 3.21. The lowest BCUT2D eigenvalue weighted by atomic mass is 10.1. The van der Waals surface area contributed by atoms with Gasteiger partial charge in [0.15, 0.2) is 16.8 Å². The van der Waals surface area contributed by atoms with Crippen LogP contribution in [0.1, 0.15) is 22.8 Å². The summed E-state index contributed by atoms with van der Waals surface area (Å²) in [4.78, 5) is 28.3. The van der Waals surface area contributed by atoms with Gasteiger partial charge in [0.2, 0.25) is 5.91 Å². The number of nitrogens with zero attached hydrogens (tertiary/aromatic N) is 4. The minimum atomic E-state index is -0.187. The van der Waals surface area contributed by atoms with Crippen molar-refractivity contribution in [3.05, 3.63) is 90.3 Å². The summed E-state index contributed by atoms with van der Waals surface area (Å²) < 4.78 is 1.99. The van der Waals surface area contributed by atoms with Crippen molar-refractivity contribution in [2.75, 3.05) is 11.1 Å². The Morgan fingerprint density at radius 1 is 1.00 bits per heavy atom. The highest BCUT2D eigenvalue weighted by Crippen LogP contribution is 2.25. The number of ketones is 1. The van der Waals surface area contributed by atoms with Gasteiger partial charge in [-0.15, -0.1) is 10.2 Å². The van der Waals surface area contributed by atoms with Crippen LogP contribution in [0.5, 0.6) is 0 Å². The van der Waals surface area contributed by atoms with Crippen LogP contribution < -0.4 is 5.32 Å². The summed E-state index contributed by atoms with van der Waals surface area (Å²) in [7, 11) is 0. The summed E-state index contributed by atoms with van der Waals surface area (Å²) in [5.41, 5.74) is 3.10. The number of rotatable bonds is 8. The smallest absolute Gasteiger partial charge is 0.234 e. The molecular formula is C24H21N5O2S. The molecule has 0 unspecified atom stereocenters. The number of anilines is 1. The zero-order valence-corrected chi connectivity index (χ0v) is 18.2. The Morgan fingerprint density at radius 2 is 1.84 bits per heavy atom. The van der Waals surface area contributed by atoms with Gasteiger partial charge in [0.1, 0.15) is 0 Å². The zero-order chi connectivity index (χ0) is 22.3. The fourth-order valence-electron chi connectivity index (χ4n) is 3.16. The van der Waals surface area contributed by atoms with Crippen LogP contribution in [-0.2, 0) is 11.3 Å². The van der Waals surface area contributed by atoms with E-state index in [1.807, 2.05) is 47.0 Å². The normalized spacial score (nSPS) is 10.7. The second-order valence-electron chi connectivity index (χ2n) is 7.09. The van der Waals surface area contributed by atoms with Crippen molar-refractivity contribution in [3.8, 4) is 11.4 Å². The topological polar surface area (TPSA) is 89.8 Å². The molecule has 7 nitrogen and oxygen atoms in total. The van der Waals surface area contributed by atoms with Crippen molar-refractivity contribution in [2.45, 2.75) is 18.6 Å². The third-order valence-corrected chi connectivity index (χ3v) is 5.67. The lowest BCUT2D eigenvalue weighted by Gasteiger charge is -2.11. The van der Waals surface area contributed by atoms with Crippen LogP contribution in [0, 0.1) is 0 Å². The van der Waals surface area contributed by atoms with E-state index >= 15 is 0 Å². The first-order valence-electron chi connectivity index (χ1n) is 10.0. The number of nitrogens with one attached hydrogen (secondary N) is 1. The van der Waals surface area contributed by atoms with Gasteiger partial charge in [0.25, 0.3) is 0 Å². The number of Topliss-reactive ketones (excluding diaryl/α,β-unsaturated/α-hetero) is 1. The van der Waals surface area contributed by atoms with Gasteiger partial charge in [-0.1, -0.05) is 54.2 Å². The maximum atomic E-state index is 12.5. The van der Waals surface area contributed by atoms with Gasteiger partial charge in [-0.05, 0) is 36.8 Å². The van der Waals surface area contributed by atoms with Gasteiger partial charge < -0.3 is 5.32 Å². The molecule has 160 valence electrons. The van der Waals surface area contributed by atoms with Crippen LogP contribution >= 0.6 is 11.8 Å². The van der Waals surface area contributed by atoms with Crippen molar-refractivity contribution in [3.63, 3.8) is 0 Å². The van der Waals surface area contributed by atoms with Crippen molar-refractivity contribution in [1.29, 1.82) is 0 Å². The third kappa shape index (κ3) is 5.28. The van der Waals surface area contributed by atoms with Crippen LogP contribution in [0.4, 0.5) is 5.69 Å². The van der Waals surface area contributed by atoms with Gasteiger partial charge in [-0.3, -0.25) is 19.1 Å². The lowest BCUT2D eigenvalue weighted by molar-refractivity contribution is -0.113. The predicted molar refractivity (Wildman–Crippen MR) is 125 cm³/mol. The van der Waals surface area contributed by atoms with Crippen LogP contribution in [-0.4, -0.2) is 37.2 Å². The summed E-state index contributed by atoms with van der Waals surface area (Å²) >= 11 is 1.31. The molecule has 0 aliphatic rings. The maximum Gasteiger partial charge on any atom is 0.234 e. The lowest BCUT2D eigenvalue weighted by Crippen LogP contribution is -2.15. The van der Waals surface area contributed by atoms with E-state index in [-0.39, 0.29) is 17.4 Å². The van der Waals surface area contributed by atoms with Crippen LogP contribution in [0.25, 0.3) is 11.4 Å². The Bertz CT molecular complexity index is 1230.